The van der Waals surface area contributed by atoms with Crippen LogP contribution in [-0.4, -0.2) is 32.4 Å². The summed E-state index contributed by atoms with van der Waals surface area (Å²) in [5.41, 5.74) is 0. The Hall–Kier alpha value is -0.840. The Balaban J connectivity index is 1.40. The van der Waals surface area contributed by atoms with Crippen LogP contribution in [0.1, 0.15) is 25.0 Å². The molecule has 0 atom stereocenters. The maximum absolute atomic E-state index is 5.50. The molecule has 1 saturated carbocycles. The van der Waals surface area contributed by atoms with Gasteiger partial charge in [0.1, 0.15) is 12.4 Å². The molecule has 2 rings (SSSR count). The molecular weight excluding hydrogens is 218 g/mol. The Kier molecular flexibility index (Phi) is 5.04. The van der Waals surface area contributed by atoms with E-state index in [-0.39, 0.29) is 0 Å². The summed E-state index contributed by atoms with van der Waals surface area (Å²) >= 11 is 0. The van der Waals surface area contributed by atoms with Crippen molar-refractivity contribution < 1.29 is 13.9 Å². The van der Waals surface area contributed by atoms with Gasteiger partial charge in [-0.3, -0.25) is 0 Å². The first-order valence-corrected chi connectivity index (χ1v) is 6.25. The van der Waals surface area contributed by atoms with E-state index in [1.54, 1.807) is 13.4 Å². The zero-order valence-corrected chi connectivity index (χ0v) is 10.4. The third kappa shape index (κ3) is 4.15. The van der Waals surface area contributed by atoms with Gasteiger partial charge in [-0.15, -0.1) is 0 Å². The lowest BCUT2D eigenvalue weighted by Gasteiger charge is -2.34. The fourth-order valence-corrected chi connectivity index (χ4v) is 1.97. The molecule has 0 bridgehead atoms. The molecule has 4 nitrogen and oxygen atoms in total. The minimum atomic E-state index is 0.475. The minimum absolute atomic E-state index is 0.475. The van der Waals surface area contributed by atoms with Gasteiger partial charge in [0.15, 0.2) is 0 Å². The summed E-state index contributed by atoms with van der Waals surface area (Å²) in [6.45, 7) is 2.36. The topological polar surface area (TPSA) is 43.6 Å². The van der Waals surface area contributed by atoms with Crippen LogP contribution in [0.3, 0.4) is 0 Å². The van der Waals surface area contributed by atoms with Gasteiger partial charge in [-0.05, 0) is 37.9 Å². The van der Waals surface area contributed by atoms with Crippen molar-refractivity contribution in [3.8, 4) is 0 Å². The van der Waals surface area contributed by atoms with Crippen molar-refractivity contribution in [3.63, 3.8) is 0 Å². The van der Waals surface area contributed by atoms with Crippen molar-refractivity contribution in [3.05, 3.63) is 24.2 Å². The van der Waals surface area contributed by atoms with E-state index in [0.29, 0.717) is 18.8 Å². The third-order valence-electron chi connectivity index (χ3n) is 3.15. The average Bonchev–Trinajstić information content (AvgIpc) is 2.78. The highest BCUT2D eigenvalue weighted by Crippen LogP contribution is 2.22. The zero-order chi connectivity index (χ0) is 11.9. The van der Waals surface area contributed by atoms with E-state index in [4.69, 9.17) is 13.9 Å². The number of hydrogen-bond donors (Lipinski definition) is 1. The number of methoxy groups -OCH3 is 1. The van der Waals surface area contributed by atoms with Gasteiger partial charge >= 0.3 is 0 Å². The summed E-state index contributed by atoms with van der Waals surface area (Å²) < 4.78 is 15.9. The van der Waals surface area contributed by atoms with E-state index >= 15 is 0 Å². The second kappa shape index (κ2) is 6.79. The minimum Gasteiger partial charge on any atom is -0.467 e. The van der Waals surface area contributed by atoms with Gasteiger partial charge in [0.05, 0.1) is 12.4 Å². The first-order valence-electron chi connectivity index (χ1n) is 6.25. The van der Waals surface area contributed by atoms with Crippen LogP contribution in [0.4, 0.5) is 0 Å². The Morgan fingerprint density at radius 1 is 1.47 bits per heavy atom. The standard InChI is InChI=1S/C13H21NO3/c1-15-13-8-11(9-13)14-5-3-6-16-10-12-4-2-7-17-12/h2,4,7,11,13-14H,3,5-6,8-10H2,1H3. The molecule has 0 aromatic carbocycles. The molecule has 1 aromatic rings. The van der Waals surface area contributed by atoms with Crippen molar-refractivity contribution in [2.24, 2.45) is 0 Å². The summed E-state index contributed by atoms with van der Waals surface area (Å²) in [6.07, 6.45) is 5.47. The second-order valence-corrected chi connectivity index (χ2v) is 4.47. The van der Waals surface area contributed by atoms with Crippen LogP contribution in [0.15, 0.2) is 22.8 Å². The molecule has 1 aliphatic rings. The molecular formula is C13H21NO3. The van der Waals surface area contributed by atoms with Crippen LogP contribution in [-0.2, 0) is 16.1 Å². The van der Waals surface area contributed by atoms with Gasteiger partial charge in [-0.2, -0.15) is 0 Å². The quantitative estimate of drug-likeness (QED) is 0.704. The van der Waals surface area contributed by atoms with Crippen molar-refractivity contribution >= 4 is 0 Å². The largest absolute Gasteiger partial charge is 0.467 e. The molecule has 1 N–H and O–H groups in total. The van der Waals surface area contributed by atoms with Crippen molar-refractivity contribution in [2.75, 3.05) is 20.3 Å². The first kappa shape index (κ1) is 12.6. The molecule has 0 radical (unpaired) electrons. The van der Waals surface area contributed by atoms with Crippen LogP contribution in [0.5, 0.6) is 0 Å². The predicted octanol–water partition coefficient (Wildman–Crippen LogP) is 1.95. The Bertz CT molecular complexity index is 294. The van der Waals surface area contributed by atoms with Crippen LogP contribution < -0.4 is 5.32 Å². The SMILES string of the molecule is COC1CC(NCCCOCc2ccco2)C1. The Morgan fingerprint density at radius 3 is 3.06 bits per heavy atom. The Labute approximate surface area is 102 Å². The first-order chi connectivity index (χ1) is 8.38. The van der Waals surface area contributed by atoms with Gasteiger partial charge in [0.25, 0.3) is 0 Å². The van der Waals surface area contributed by atoms with Crippen molar-refractivity contribution in [1.82, 2.24) is 5.32 Å². The predicted molar refractivity (Wildman–Crippen MR) is 64.8 cm³/mol. The molecule has 4 heteroatoms. The lowest BCUT2D eigenvalue weighted by Crippen LogP contribution is -2.45. The van der Waals surface area contributed by atoms with E-state index in [2.05, 4.69) is 5.32 Å². The summed E-state index contributed by atoms with van der Waals surface area (Å²) in [7, 11) is 1.78. The molecule has 1 fully saturated rings. The fraction of sp³-hybridized carbons (Fsp3) is 0.692. The van der Waals surface area contributed by atoms with Crippen LogP contribution in [0.25, 0.3) is 0 Å². The number of ether oxygens (including phenoxy) is 2. The highest BCUT2D eigenvalue weighted by Gasteiger charge is 2.27. The normalized spacial score (nSPS) is 23.6. The third-order valence-corrected chi connectivity index (χ3v) is 3.15. The number of hydrogen-bond acceptors (Lipinski definition) is 4. The molecule has 0 unspecified atom stereocenters. The van der Waals surface area contributed by atoms with E-state index in [0.717, 1.165) is 38.2 Å². The zero-order valence-electron chi connectivity index (χ0n) is 10.4. The second-order valence-electron chi connectivity index (χ2n) is 4.47. The molecule has 0 saturated heterocycles. The maximum Gasteiger partial charge on any atom is 0.129 e. The van der Waals surface area contributed by atoms with Crippen molar-refractivity contribution in [2.45, 2.75) is 38.0 Å². The van der Waals surface area contributed by atoms with Gasteiger partial charge < -0.3 is 19.2 Å². The van der Waals surface area contributed by atoms with Gasteiger partial charge in [-0.25, -0.2) is 0 Å². The van der Waals surface area contributed by atoms with E-state index < -0.39 is 0 Å². The molecule has 1 aliphatic carbocycles. The smallest absolute Gasteiger partial charge is 0.129 e. The van der Waals surface area contributed by atoms with Crippen molar-refractivity contribution in [1.29, 1.82) is 0 Å². The molecule has 1 aromatic heterocycles. The summed E-state index contributed by atoms with van der Waals surface area (Å²) in [5, 5.41) is 3.49. The molecule has 17 heavy (non-hydrogen) atoms. The lowest BCUT2D eigenvalue weighted by molar-refractivity contribution is 0.0166. The molecule has 0 amide bonds. The van der Waals surface area contributed by atoms with E-state index in [9.17, 15) is 0 Å². The van der Waals surface area contributed by atoms with Gasteiger partial charge in [0.2, 0.25) is 0 Å². The highest BCUT2D eigenvalue weighted by molar-refractivity contribution is 4.95. The molecule has 1 heterocycles. The monoisotopic (exact) mass is 239 g/mol. The number of nitrogens with one attached hydrogen (secondary N) is 1. The highest BCUT2D eigenvalue weighted by atomic mass is 16.5. The molecule has 0 aliphatic heterocycles. The maximum atomic E-state index is 5.50. The molecule has 96 valence electrons. The number of furan rings is 1. The van der Waals surface area contributed by atoms with Crippen LogP contribution in [0, 0.1) is 0 Å². The van der Waals surface area contributed by atoms with E-state index in [1.807, 2.05) is 12.1 Å². The summed E-state index contributed by atoms with van der Waals surface area (Å²) in [6, 6.07) is 4.45. The van der Waals surface area contributed by atoms with Gasteiger partial charge in [-0.1, -0.05) is 0 Å². The van der Waals surface area contributed by atoms with E-state index in [1.165, 1.54) is 0 Å². The average molecular weight is 239 g/mol. The number of rotatable bonds is 8. The fourth-order valence-electron chi connectivity index (χ4n) is 1.97. The summed E-state index contributed by atoms with van der Waals surface area (Å²) in [5.74, 6) is 0.889. The summed E-state index contributed by atoms with van der Waals surface area (Å²) in [4.78, 5) is 0. The molecule has 0 spiro atoms. The van der Waals surface area contributed by atoms with Gasteiger partial charge in [0, 0.05) is 19.8 Å². The van der Waals surface area contributed by atoms with Crippen LogP contribution in [0.2, 0.25) is 0 Å². The Morgan fingerprint density at radius 2 is 2.35 bits per heavy atom. The lowest BCUT2D eigenvalue weighted by atomic mass is 9.89. The van der Waals surface area contributed by atoms with Crippen LogP contribution >= 0.6 is 0 Å².